The third-order valence-electron chi connectivity index (χ3n) is 10.0. The molecular weight excluding hydrogens is 747 g/mol. The molecule has 0 spiro atoms. The molecule has 0 radical (unpaired) electrons. The smallest absolute Gasteiger partial charge is 0.331 e. The molecule has 0 aliphatic carbocycles. The summed E-state index contributed by atoms with van der Waals surface area (Å²) in [5.41, 5.74) is -1.69. The first-order valence-corrected chi connectivity index (χ1v) is 23.1. The van der Waals surface area contributed by atoms with E-state index in [1.807, 2.05) is 59.6 Å². The van der Waals surface area contributed by atoms with Crippen molar-refractivity contribution in [2.45, 2.75) is 115 Å². The normalized spacial score (nSPS) is 20.5. The highest BCUT2D eigenvalue weighted by atomic mass is 127. The van der Waals surface area contributed by atoms with Crippen LogP contribution in [0.3, 0.4) is 0 Å². The molecule has 0 bridgehead atoms. The molecule has 0 aromatic heterocycles. The Morgan fingerprint density at radius 2 is 1.52 bits per heavy atom. The van der Waals surface area contributed by atoms with Crippen LogP contribution in [0.4, 0.5) is 0 Å². The number of ether oxygens (including phenoxy) is 1. The van der Waals surface area contributed by atoms with Gasteiger partial charge < -0.3 is 23.8 Å². The summed E-state index contributed by atoms with van der Waals surface area (Å²) >= 11 is 2.17. The third kappa shape index (κ3) is 9.89. The molecule has 2 aromatic carbocycles. The first kappa shape index (κ1) is 40.6. The number of hydrogen-bond donors (Lipinski definition) is 2. The molecule has 0 unspecified atom stereocenters. The van der Waals surface area contributed by atoms with Gasteiger partial charge in [-0.1, -0.05) is 150 Å². The monoisotopic (exact) mass is 804 g/mol. The summed E-state index contributed by atoms with van der Waals surface area (Å²) in [6, 6.07) is 20.8. The van der Waals surface area contributed by atoms with Gasteiger partial charge in [0.25, 0.3) is 8.32 Å². The molecule has 48 heavy (non-hydrogen) atoms. The lowest BCUT2D eigenvalue weighted by Gasteiger charge is -2.44. The standard InChI is InChI=1S/C39H57IO6Si2/c1-10-30-21-22-36(42)45-34(30)23-25-39(43,35(41)29-31(24-27-40)46-47(8,9)37(2,3)4)26-28-44-48(38(5,6)7,32-17-13-11-14-18-32)33-19-15-12-16-20-33/h11-25,27,30-31,34-35,41,43H,10,26,28-29H2,1-9H3/b25-23?,27-24+/t30-,31-,34-,35+,39-/m0/s1. The van der Waals surface area contributed by atoms with Crippen molar-refractivity contribution in [2.75, 3.05) is 6.61 Å². The zero-order chi connectivity index (χ0) is 35.8. The fourth-order valence-electron chi connectivity index (χ4n) is 6.10. The molecule has 264 valence electrons. The molecule has 9 heteroatoms. The van der Waals surface area contributed by atoms with Gasteiger partial charge in [-0.05, 0) is 50.1 Å². The molecule has 0 amide bonds. The van der Waals surface area contributed by atoms with E-state index in [9.17, 15) is 15.0 Å². The van der Waals surface area contributed by atoms with Crippen LogP contribution in [0.15, 0.2) is 95.1 Å². The Hall–Kier alpha value is -1.87. The molecule has 1 heterocycles. The van der Waals surface area contributed by atoms with Gasteiger partial charge in [-0.25, -0.2) is 4.79 Å². The first-order valence-electron chi connectivity index (χ1n) is 17.1. The maximum atomic E-state index is 12.4. The SMILES string of the molecule is CC[C@H]1C=CC(=O)O[C@H]1C=C[C@](O)(CCO[Si](c1ccccc1)(c1ccccc1)C(C)(C)C)[C@H](O)C[C@H](/C=C/I)O[Si](C)(C)C(C)(C)C. The Balaban J connectivity index is 2.02. The molecule has 2 aromatic rings. The molecular formula is C39H57IO6Si2. The van der Waals surface area contributed by atoms with Crippen molar-refractivity contribution in [3.8, 4) is 0 Å². The molecule has 1 aliphatic rings. The van der Waals surface area contributed by atoms with E-state index in [1.165, 1.54) is 6.08 Å². The second-order valence-corrected chi connectivity index (χ2v) is 25.2. The summed E-state index contributed by atoms with van der Waals surface area (Å²) in [6.07, 6.45) is 7.58. The number of benzene rings is 2. The minimum absolute atomic E-state index is 0.0228. The van der Waals surface area contributed by atoms with Gasteiger partial charge in [0.2, 0.25) is 0 Å². The van der Waals surface area contributed by atoms with E-state index in [-0.39, 0.29) is 35.4 Å². The van der Waals surface area contributed by atoms with E-state index in [0.29, 0.717) is 0 Å². The lowest BCUT2D eigenvalue weighted by atomic mass is 9.87. The Morgan fingerprint density at radius 1 is 0.958 bits per heavy atom. The number of aliphatic hydroxyl groups excluding tert-OH is 1. The Bertz CT molecular complexity index is 1360. The predicted molar refractivity (Wildman–Crippen MR) is 211 cm³/mol. The summed E-state index contributed by atoms with van der Waals surface area (Å²) in [7, 11) is -5.08. The van der Waals surface area contributed by atoms with Crippen LogP contribution < -0.4 is 10.4 Å². The summed E-state index contributed by atoms with van der Waals surface area (Å²) < 4.78 is 21.4. The van der Waals surface area contributed by atoms with Gasteiger partial charge in [-0.3, -0.25) is 0 Å². The van der Waals surface area contributed by atoms with Crippen LogP contribution in [-0.4, -0.2) is 63.3 Å². The number of cyclic esters (lactones) is 1. The number of halogens is 1. The van der Waals surface area contributed by atoms with Gasteiger partial charge in [0, 0.05) is 31.4 Å². The number of carbonyl (C=O) groups excluding carboxylic acids is 1. The summed E-state index contributed by atoms with van der Waals surface area (Å²) in [6.45, 7) is 19.8. The predicted octanol–water partition coefficient (Wildman–Crippen LogP) is 7.84. The highest BCUT2D eigenvalue weighted by molar-refractivity contribution is 14.1. The van der Waals surface area contributed by atoms with Crippen molar-refractivity contribution < 1.29 is 28.6 Å². The largest absolute Gasteiger partial charge is 0.454 e. The third-order valence-corrected chi connectivity index (χ3v) is 20.0. The van der Waals surface area contributed by atoms with Gasteiger partial charge in [0.1, 0.15) is 11.7 Å². The summed E-state index contributed by atoms with van der Waals surface area (Å²) in [4.78, 5) is 12.2. The first-order chi connectivity index (χ1) is 22.4. The maximum Gasteiger partial charge on any atom is 0.331 e. The number of aliphatic hydroxyl groups is 2. The lowest BCUT2D eigenvalue weighted by Crippen LogP contribution is -2.66. The quantitative estimate of drug-likeness (QED) is 0.0827. The van der Waals surface area contributed by atoms with Gasteiger partial charge in [-0.15, -0.1) is 0 Å². The Labute approximate surface area is 305 Å². The van der Waals surface area contributed by atoms with E-state index in [2.05, 4.69) is 101 Å². The number of hydrogen-bond acceptors (Lipinski definition) is 6. The summed E-state index contributed by atoms with van der Waals surface area (Å²) in [5.74, 6) is -0.436. The molecule has 5 atom stereocenters. The van der Waals surface area contributed by atoms with E-state index in [1.54, 1.807) is 12.2 Å². The van der Waals surface area contributed by atoms with E-state index in [0.717, 1.165) is 16.8 Å². The van der Waals surface area contributed by atoms with Crippen molar-refractivity contribution in [1.82, 2.24) is 0 Å². The fourth-order valence-corrected chi connectivity index (χ4v) is 12.4. The highest BCUT2D eigenvalue weighted by Gasteiger charge is 2.50. The van der Waals surface area contributed by atoms with Crippen LogP contribution in [0.5, 0.6) is 0 Å². The van der Waals surface area contributed by atoms with Crippen LogP contribution >= 0.6 is 22.6 Å². The van der Waals surface area contributed by atoms with Crippen LogP contribution in [0.1, 0.15) is 67.7 Å². The summed E-state index contributed by atoms with van der Waals surface area (Å²) in [5, 5.41) is 26.4. The average molecular weight is 805 g/mol. The van der Waals surface area contributed by atoms with Crippen molar-refractivity contribution in [3.05, 3.63) is 95.1 Å². The topological polar surface area (TPSA) is 85.2 Å². The van der Waals surface area contributed by atoms with E-state index < -0.39 is 46.5 Å². The van der Waals surface area contributed by atoms with Crippen LogP contribution in [0, 0.1) is 5.92 Å². The fraction of sp³-hybridized carbons (Fsp3) is 0.513. The van der Waals surface area contributed by atoms with Gasteiger partial charge in [0.15, 0.2) is 8.32 Å². The van der Waals surface area contributed by atoms with Crippen LogP contribution in [-0.2, 0) is 18.4 Å². The molecule has 1 aliphatic heterocycles. The number of carbonyl (C=O) groups is 1. The molecule has 3 rings (SSSR count). The maximum absolute atomic E-state index is 12.4. The van der Waals surface area contributed by atoms with Crippen LogP contribution in [0.25, 0.3) is 0 Å². The average Bonchev–Trinajstić information content (AvgIpc) is 3.02. The highest BCUT2D eigenvalue weighted by Crippen LogP contribution is 2.39. The van der Waals surface area contributed by atoms with Crippen molar-refractivity contribution in [1.29, 1.82) is 0 Å². The van der Waals surface area contributed by atoms with Crippen molar-refractivity contribution in [2.24, 2.45) is 5.92 Å². The minimum atomic E-state index is -2.89. The zero-order valence-corrected chi connectivity index (χ0v) is 34.4. The van der Waals surface area contributed by atoms with Gasteiger partial charge >= 0.3 is 5.97 Å². The van der Waals surface area contributed by atoms with Gasteiger partial charge in [-0.2, -0.15) is 0 Å². The molecule has 0 fully saturated rings. The Kier molecular flexibility index (Phi) is 14.3. The zero-order valence-electron chi connectivity index (χ0n) is 30.3. The molecule has 0 saturated heterocycles. The van der Waals surface area contributed by atoms with Crippen LogP contribution in [0.2, 0.25) is 23.2 Å². The molecule has 2 N–H and O–H groups in total. The van der Waals surface area contributed by atoms with Gasteiger partial charge in [0.05, 0.1) is 12.2 Å². The molecule has 6 nitrogen and oxygen atoms in total. The second-order valence-electron chi connectivity index (χ2n) is 15.4. The second kappa shape index (κ2) is 16.9. The molecule has 0 saturated carbocycles. The minimum Gasteiger partial charge on any atom is -0.454 e. The number of rotatable bonds is 15. The lowest BCUT2D eigenvalue weighted by molar-refractivity contribution is -0.143. The van der Waals surface area contributed by atoms with E-state index in [4.69, 9.17) is 13.6 Å². The van der Waals surface area contributed by atoms with Crippen molar-refractivity contribution in [3.63, 3.8) is 0 Å². The van der Waals surface area contributed by atoms with Crippen molar-refractivity contribution >= 4 is 55.6 Å². The Morgan fingerprint density at radius 3 is 2.00 bits per heavy atom. The number of esters is 1. The van der Waals surface area contributed by atoms with E-state index >= 15 is 0 Å².